The number of ether oxygens (including phenoxy) is 1. The van der Waals surface area contributed by atoms with Gasteiger partial charge in [0.1, 0.15) is 0 Å². The van der Waals surface area contributed by atoms with E-state index >= 15 is 0 Å². The first kappa shape index (κ1) is 15.9. The van der Waals surface area contributed by atoms with E-state index < -0.39 is 0 Å². The minimum atomic E-state index is 0.322. The quantitative estimate of drug-likeness (QED) is 0.818. The predicted molar refractivity (Wildman–Crippen MR) is 78.0 cm³/mol. The molecule has 0 aromatic heterocycles. The number of hydrogen-bond acceptors (Lipinski definition) is 3. The van der Waals surface area contributed by atoms with Gasteiger partial charge in [0.2, 0.25) is 0 Å². The summed E-state index contributed by atoms with van der Waals surface area (Å²) in [5, 5.41) is 3.72. The van der Waals surface area contributed by atoms with Crippen LogP contribution in [0.5, 0.6) is 0 Å². The molecule has 3 unspecified atom stereocenters. The van der Waals surface area contributed by atoms with E-state index in [2.05, 4.69) is 51.8 Å². The van der Waals surface area contributed by atoms with E-state index in [1.807, 2.05) is 0 Å². The number of nitrogens with one attached hydrogen (secondary N) is 1. The predicted octanol–water partition coefficient (Wildman–Crippen LogP) is 2.51. The third-order valence-electron chi connectivity index (χ3n) is 4.11. The third-order valence-corrected chi connectivity index (χ3v) is 4.11. The first-order chi connectivity index (χ1) is 8.40. The Balaban J connectivity index is 2.64. The first-order valence-corrected chi connectivity index (χ1v) is 7.47. The minimum absolute atomic E-state index is 0.322. The molecule has 0 aliphatic carbocycles. The molecule has 0 aromatic rings. The molecule has 1 aliphatic rings. The highest BCUT2D eigenvalue weighted by atomic mass is 16.5. The smallest absolute Gasteiger partial charge is 0.0619 e. The van der Waals surface area contributed by atoms with Gasteiger partial charge in [-0.3, -0.25) is 4.90 Å². The maximum atomic E-state index is 5.60. The molecule has 1 aliphatic heterocycles. The van der Waals surface area contributed by atoms with Crippen LogP contribution in [0.3, 0.4) is 0 Å². The zero-order valence-corrected chi connectivity index (χ0v) is 13.1. The van der Waals surface area contributed by atoms with E-state index in [-0.39, 0.29) is 0 Å². The molecule has 1 N–H and O–H groups in total. The highest BCUT2D eigenvalue weighted by Gasteiger charge is 2.35. The SMILES string of the molecule is CCOCC(C)N1CC(C(C)(C)C)NCC1CC. The standard InChI is InChI=1S/C15H32N2O/c1-7-13-9-16-14(15(4,5)6)10-17(13)12(3)11-18-8-2/h12-14,16H,7-11H2,1-6H3. The molecular weight excluding hydrogens is 224 g/mol. The van der Waals surface area contributed by atoms with Crippen molar-refractivity contribution in [3.8, 4) is 0 Å². The summed E-state index contributed by atoms with van der Waals surface area (Å²) < 4.78 is 5.60. The van der Waals surface area contributed by atoms with Crippen molar-refractivity contribution in [3.63, 3.8) is 0 Å². The summed E-state index contributed by atoms with van der Waals surface area (Å²) in [5.41, 5.74) is 0.322. The van der Waals surface area contributed by atoms with Gasteiger partial charge in [0.15, 0.2) is 0 Å². The van der Waals surface area contributed by atoms with Crippen molar-refractivity contribution in [1.29, 1.82) is 0 Å². The second-order valence-electron chi connectivity index (χ2n) is 6.59. The fraction of sp³-hybridized carbons (Fsp3) is 1.00. The van der Waals surface area contributed by atoms with Gasteiger partial charge in [0.05, 0.1) is 6.61 Å². The van der Waals surface area contributed by atoms with Crippen LogP contribution in [0, 0.1) is 5.41 Å². The van der Waals surface area contributed by atoms with E-state index in [0.717, 1.165) is 26.3 Å². The Hall–Kier alpha value is -0.120. The number of piperazine rings is 1. The van der Waals surface area contributed by atoms with Crippen LogP contribution in [0.25, 0.3) is 0 Å². The second-order valence-corrected chi connectivity index (χ2v) is 6.59. The summed E-state index contributed by atoms with van der Waals surface area (Å²) in [7, 11) is 0. The lowest BCUT2D eigenvalue weighted by molar-refractivity contribution is 0.0112. The Morgan fingerprint density at radius 2 is 2.00 bits per heavy atom. The van der Waals surface area contributed by atoms with Crippen molar-refractivity contribution in [2.45, 2.75) is 66.1 Å². The van der Waals surface area contributed by atoms with Gasteiger partial charge < -0.3 is 10.1 Å². The van der Waals surface area contributed by atoms with Gasteiger partial charge in [0, 0.05) is 37.8 Å². The maximum Gasteiger partial charge on any atom is 0.0619 e. The summed E-state index contributed by atoms with van der Waals surface area (Å²) in [4.78, 5) is 2.64. The molecule has 0 aromatic carbocycles. The summed E-state index contributed by atoms with van der Waals surface area (Å²) in [5.74, 6) is 0. The molecular formula is C15H32N2O. The Labute approximate surface area is 113 Å². The molecule has 1 heterocycles. The van der Waals surface area contributed by atoms with Crippen LogP contribution < -0.4 is 5.32 Å². The zero-order chi connectivity index (χ0) is 13.8. The van der Waals surface area contributed by atoms with Crippen LogP contribution >= 0.6 is 0 Å². The van der Waals surface area contributed by atoms with Gasteiger partial charge in [-0.15, -0.1) is 0 Å². The van der Waals surface area contributed by atoms with Gasteiger partial charge in [-0.2, -0.15) is 0 Å². The van der Waals surface area contributed by atoms with Crippen molar-refractivity contribution in [1.82, 2.24) is 10.2 Å². The summed E-state index contributed by atoms with van der Waals surface area (Å²) in [6.45, 7) is 17.5. The van der Waals surface area contributed by atoms with E-state index in [1.54, 1.807) is 0 Å². The summed E-state index contributed by atoms with van der Waals surface area (Å²) in [6.07, 6.45) is 1.21. The van der Waals surface area contributed by atoms with Gasteiger partial charge >= 0.3 is 0 Å². The lowest BCUT2D eigenvalue weighted by Gasteiger charge is -2.47. The summed E-state index contributed by atoms with van der Waals surface area (Å²) in [6, 6.07) is 1.74. The molecule has 108 valence electrons. The van der Waals surface area contributed by atoms with Gasteiger partial charge in [-0.25, -0.2) is 0 Å². The topological polar surface area (TPSA) is 24.5 Å². The third kappa shape index (κ3) is 4.22. The molecule has 1 saturated heterocycles. The van der Waals surface area contributed by atoms with Crippen molar-refractivity contribution in [3.05, 3.63) is 0 Å². The fourth-order valence-electron chi connectivity index (χ4n) is 2.70. The number of rotatable bonds is 5. The first-order valence-electron chi connectivity index (χ1n) is 7.47. The average Bonchev–Trinajstić information content (AvgIpc) is 2.34. The van der Waals surface area contributed by atoms with Crippen molar-refractivity contribution >= 4 is 0 Å². The van der Waals surface area contributed by atoms with Crippen LogP contribution in [0.4, 0.5) is 0 Å². The zero-order valence-electron chi connectivity index (χ0n) is 13.1. The van der Waals surface area contributed by atoms with E-state index in [4.69, 9.17) is 4.74 Å². The molecule has 18 heavy (non-hydrogen) atoms. The number of hydrogen-bond donors (Lipinski definition) is 1. The molecule has 3 heteroatoms. The minimum Gasteiger partial charge on any atom is -0.380 e. The van der Waals surface area contributed by atoms with Crippen molar-refractivity contribution < 1.29 is 4.74 Å². The largest absolute Gasteiger partial charge is 0.380 e. The highest BCUT2D eigenvalue weighted by Crippen LogP contribution is 2.25. The lowest BCUT2D eigenvalue weighted by Crippen LogP contribution is -2.62. The van der Waals surface area contributed by atoms with Gasteiger partial charge in [-0.1, -0.05) is 27.7 Å². The molecule has 1 rings (SSSR count). The summed E-state index contributed by atoms with van der Waals surface area (Å²) >= 11 is 0. The van der Waals surface area contributed by atoms with Crippen LogP contribution in [-0.4, -0.2) is 49.3 Å². The molecule has 3 atom stereocenters. The maximum absolute atomic E-state index is 5.60. The highest BCUT2D eigenvalue weighted by molar-refractivity contribution is 4.93. The van der Waals surface area contributed by atoms with Crippen LogP contribution in [-0.2, 0) is 4.74 Å². The van der Waals surface area contributed by atoms with E-state index in [1.165, 1.54) is 6.42 Å². The molecule has 3 nitrogen and oxygen atoms in total. The Kier molecular flexibility index (Phi) is 6.09. The van der Waals surface area contributed by atoms with Crippen molar-refractivity contribution in [2.75, 3.05) is 26.3 Å². The molecule has 1 fully saturated rings. The molecule has 0 amide bonds. The van der Waals surface area contributed by atoms with Crippen LogP contribution in [0.1, 0.15) is 48.0 Å². The Morgan fingerprint density at radius 1 is 1.33 bits per heavy atom. The second kappa shape index (κ2) is 6.88. The molecule has 0 radical (unpaired) electrons. The molecule has 0 saturated carbocycles. The van der Waals surface area contributed by atoms with Gasteiger partial charge in [0.25, 0.3) is 0 Å². The molecule has 0 bridgehead atoms. The normalized spacial score (nSPS) is 28.3. The number of nitrogens with zero attached hydrogens (tertiary/aromatic N) is 1. The fourth-order valence-corrected chi connectivity index (χ4v) is 2.70. The van der Waals surface area contributed by atoms with Gasteiger partial charge in [-0.05, 0) is 25.7 Å². The van der Waals surface area contributed by atoms with E-state index in [0.29, 0.717) is 23.5 Å². The Morgan fingerprint density at radius 3 is 2.50 bits per heavy atom. The molecule has 0 spiro atoms. The van der Waals surface area contributed by atoms with Crippen molar-refractivity contribution in [2.24, 2.45) is 5.41 Å². The average molecular weight is 256 g/mol. The monoisotopic (exact) mass is 256 g/mol. The Bertz CT molecular complexity index is 237. The van der Waals surface area contributed by atoms with Crippen LogP contribution in [0.2, 0.25) is 0 Å². The van der Waals surface area contributed by atoms with E-state index in [9.17, 15) is 0 Å². The lowest BCUT2D eigenvalue weighted by atomic mass is 9.84. The van der Waals surface area contributed by atoms with Crippen LogP contribution in [0.15, 0.2) is 0 Å².